The van der Waals surface area contributed by atoms with Gasteiger partial charge in [0.2, 0.25) is 0 Å². The number of rotatable bonds is 4. The molecule has 1 saturated carbocycles. The van der Waals surface area contributed by atoms with Crippen molar-refractivity contribution in [1.29, 1.82) is 0 Å². The summed E-state index contributed by atoms with van der Waals surface area (Å²) in [5, 5.41) is 14.2. The van der Waals surface area contributed by atoms with Crippen LogP contribution >= 0.6 is 11.6 Å². The van der Waals surface area contributed by atoms with Gasteiger partial charge in [-0.05, 0) is 25.0 Å². The van der Waals surface area contributed by atoms with E-state index in [0.29, 0.717) is 11.6 Å². The molecule has 0 heterocycles. The standard InChI is InChI=1S/C15H22ClNO2/c1-19-15-9-5-6-12(16)11(15)10-17-13-7-3-2-4-8-14(13)18/h5-6,9,13-14,17-18H,2-4,7-8,10H2,1H3. The molecule has 0 aromatic heterocycles. The molecule has 106 valence electrons. The molecule has 0 aliphatic heterocycles. The van der Waals surface area contributed by atoms with E-state index < -0.39 is 0 Å². The zero-order valence-electron chi connectivity index (χ0n) is 11.4. The highest BCUT2D eigenvalue weighted by atomic mass is 35.5. The molecule has 0 spiro atoms. The van der Waals surface area contributed by atoms with E-state index in [1.54, 1.807) is 7.11 Å². The summed E-state index contributed by atoms with van der Waals surface area (Å²) in [4.78, 5) is 0. The number of halogens is 1. The molecule has 2 rings (SSSR count). The number of aliphatic hydroxyl groups is 1. The van der Waals surface area contributed by atoms with Crippen molar-refractivity contribution in [2.75, 3.05) is 7.11 Å². The largest absolute Gasteiger partial charge is 0.496 e. The molecule has 2 atom stereocenters. The van der Waals surface area contributed by atoms with Crippen LogP contribution < -0.4 is 10.1 Å². The highest BCUT2D eigenvalue weighted by Crippen LogP contribution is 2.27. The van der Waals surface area contributed by atoms with Crippen LogP contribution in [0.25, 0.3) is 0 Å². The molecule has 1 aromatic carbocycles. The highest BCUT2D eigenvalue weighted by molar-refractivity contribution is 6.31. The van der Waals surface area contributed by atoms with Crippen molar-refractivity contribution in [1.82, 2.24) is 5.32 Å². The number of hydrogen-bond donors (Lipinski definition) is 2. The third-order valence-electron chi connectivity index (χ3n) is 3.82. The summed E-state index contributed by atoms with van der Waals surface area (Å²) in [6.07, 6.45) is 5.16. The predicted molar refractivity (Wildman–Crippen MR) is 77.7 cm³/mol. The minimum Gasteiger partial charge on any atom is -0.496 e. The topological polar surface area (TPSA) is 41.5 Å². The molecule has 2 unspecified atom stereocenters. The summed E-state index contributed by atoms with van der Waals surface area (Å²) >= 11 is 6.21. The molecular weight excluding hydrogens is 262 g/mol. The van der Waals surface area contributed by atoms with Crippen LogP contribution in [0.5, 0.6) is 5.75 Å². The van der Waals surface area contributed by atoms with Gasteiger partial charge in [0.1, 0.15) is 5.75 Å². The second kappa shape index (κ2) is 7.13. The van der Waals surface area contributed by atoms with Gasteiger partial charge in [-0.2, -0.15) is 0 Å². The Morgan fingerprint density at radius 2 is 2.11 bits per heavy atom. The average Bonchev–Trinajstić information content (AvgIpc) is 2.62. The zero-order valence-corrected chi connectivity index (χ0v) is 12.1. The minimum absolute atomic E-state index is 0.156. The van der Waals surface area contributed by atoms with Crippen molar-refractivity contribution in [2.24, 2.45) is 0 Å². The first-order valence-corrected chi connectivity index (χ1v) is 7.33. The molecule has 1 aromatic rings. The smallest absolute Gasteiger partial charge is 0.124 e. The fraction of sp³-hybridized carbons (Fsp3) is 0.600. The lowest BCUT2D eigenvalue weighted by Gasteiger charge is -2.22. The maximum atomic E-state index is 10.1. The van der Waals surface area contributed by atoms with Crippen LogP contribution in [0.2, 0.25) is 5.02 Å². The van der Waals surface area contributed by atoms with Crippen molar-refractivity contribution < 1.29 is 9.84 Å². The van der Waals surface area contributed by atoms with E-state index >= 15 is 0 Å². The third-order valence-corrected chi connectivity index (χ3v) is 4.17. The number of ether oxygens (including phenoxy) is 1. The van der Waals surface area contributed by atoms with E-state index in [1.807, 2.05) is 18.2 Å². The fourth-order valence-corrected chi connectivity index (χ4v) is 2.89. The third kappa shape index (κ3) is 3.85. The van der Waals surface area contributed by atoms with Gasteiger partial charge in [-0.25, -0.2) is 0 Å². The molecule has 2 N–H and O–H groups in total. The fourth-order valence-electron chi connectivity index (χ4n) is 2.66. The maximum Gasteiger partial charge on any atom is 0.124 e. The molecule has 3 nitrogen and oxygen atoms in total. The summed E-state index contributed by atoms with van der Waals surface area (Å²) in [5.41, 5.74) is 0.961. The van der Waals surface area contributed by atoms with E-state index in [0.717, 1.165) is 30.6 Å². The Bertz CT molecular complexity index is 411. The zero-order chi connectivity index (χ0) is 13.7. The Morgan fingerprint density at radius 1 is 1.32 bits per heavy atom. The molecule has 1 aliphatic rings. The molecule has 1 aliphatic carbocycles. The van der Waals surface area contributed by atoms with Gasteiger partial charge in [-0.1, -0.05) is 36.9 Å². The molecule has 0 radical (unpaired) electrons. The summed E-state index contributed by atoms with van der Waals surface area (Å²) in [6, 6.07) is 5.81. The maximum absolute atomic E-state index is 10.1. The van der Waals surface area contributed by atoms with Crippen LogP contribution in [0.4, 0.5) is 0 Å². The van der Waals surface area contributed by atoms with Crippen molar-refractivity contribution in [2.45, 2.75) is 50.8 Å². The van der Waals surface area contributed by atoms with Crippen LogP contribution in [-0.2, 0) is 6.54 Å². The molecule has 4 heteroatoms. The number of benzene rings is 1. The van der Waals surface area contributed by atoms with Crippen molar-refractivity contribution in [3.8, 4) is 5.75 Å². The van der Waals surface area contributed by atoms with Crippen LogP contribution in [0.3, 0.4) is 0 Å². The van der Waals surface area contributed by atoms with Crippen LogP contribution in [-0.4, -0.2) is 24.4 Å². The van der Waals surface area contributed by atoms with E-state index in [4.69, 9.17) is 16.3 Å². The average molecular weight is 284 g/mol. The second-order valence-corrected chi connectivity index (χ2v) is 5.52. The number of hydrogen-bond acceptors (Lipinski definition) is 3. The minimum atomic E-state index is -0.254. The molecular formula is C15H22ClNO2. The van der Waals surface area contributed by atoms with Gasteiger partial charge in [0.05, 0.1) is 13.2 Å². The van der Waals surface area contributed by atoms with Gasteiger partial charge in [0, 0.05) is 23.2 Å². The van der Waals surface area contributed by atoms with E-state index in [9.17, 15) is 5.11 Å². The quantitative estimate of drug-likeness (QED) is 0.834. The first-order chi connectivity index (χ1) is 9.22. The SMILES string of the molecule is COc1cccc(Cl)c1CNC1CCCCCC1O. The summed E-state index contributed by atoms with van der Waals surface area (Å²) in [5.74, 6) is 0.795. The molecule has 1 fully saturated rings. The lowest BCUT2D eigenvalue weighted by Crippen LogP contribution is -2.38. The van der Waals surface area contributed by atoms with Gasteiger partial charge in [-0.15, -0.1) is 0 Å². The molecule has 0 saturated heterocycles. The van der Waals surface area contributed by atoms with Crippen molar-refractivity contribution in [3.63, 3.8) is 0 Å². The number of nitrogens with one attached hydrogen (secondary N) is 1. The normalized spacial score (nSPS) is 23.9. The number of aliphatic hydroxyl groups excluding tert-OH is 1. The van der Waals surface area contributed by atoms with Crippen LogP contribution in [0, 0.1) is 0 Å². The summed E-state index contributed by atoms with van der Waals surface area (Å²) in [6.45, 7) is 0.630. The van der Waals surface area contributed by atoms with Crippen LogP contribution in [0.15, 0.2) is 18.2 Å². The lowest BCUT2D eigenvalue weighted by atomic mass is 10.1. The highest BCUT2D eigenvalue weighted by Gasteiger charge is 2.21. The lowest BCUT2D eigenvalue weighted by molar-refractivity contribution is 0.119. The van der Waals surface area contributed by atoms with E-state index in [2.05, 4.69) is 5.32 Å². The Morgan fingerprint density at radius 3 is 2.89 bits per heavy atom. The second-order valence-electron chi connectivity index (χ2n) is 5.11. The first-order valence-electron chi connectivity index (χ1n) is 6.95. The predicted octanol–water partition coefficient (Wildman–Crippen LogP) is 3.13. The molecule has 0 amide bonds. The van der Waals surface area contributed by atoms with Gasteiger partial charge < -0.3 is 15.2 Å². The van der Waals surface area contributed by atoms with E-state index in [-0.39, 0.29) is 12.1 Å². The molecule has 19 heavy (non-hydrogen) atoms. The van der Waals surface area contributed by atoms with Crippen LogP contribution in [0.1, 0.15) is 37.7 Å². The summed E-state index contributed by atoms with van der Waals surface area (Å²) < 4.78 is 5.33. The van der Waals surface area contributed by atoms with E-state index in [1.165, 1.54) is 12.8 Å². The van der Waals surface area contributed by atoms with Crippen molar-refractivity contribution >= 4 is 11.6 Å². The first kappa shape index (κ1) is 14.6. The summed E-state index contributed by atoms with van der Waals surface area (Å²) in [7, 11) is 1.65. The monoisotopic (exact) mass is 283 g/mol. The Kier molecular flexibility index (Phi) is 5.49. The Balaban J connectivity index is 2.01. The van der Waals surface area contributed by atoms with Crippen molar-refractivity contribution in [3.05, 3.63) is 28.8 Å². The molecule has 0 bridgehead atoms. The van der Waals surface area contributed by atoms with Gasteiger partial charge in [0.15, 0.2) is 0 Å². The van der Waals surface area contributed by atoms with Gasteiger partial charge >= 0.3 is 0 Å². The Hall–Kier alpha value is -0.770. The Labute approximate surface area is 119 Å². The van der Waals surface area contributed by atoms with Gasteiger partial charge in [-0.3, -0.25) is 0 Å². The number of methoxy groups -OCH3 is 1. The van der Waals surface area contributed by atoms with Gasteiger partial charge in [0.25, 0.3) is 0 Å².